The van der Waals surface area contributed by atoms with Crippen LogP contribution in [-0.2, 0) is 0 Å². The molecule has 0 spiro atoms. The van der Waals surface area contributed by atoms with E-state index in [1.807, 2.05) is 0 Å². The molecule has 19 heavy (non-hydrogen) atoms. The van der Waals surface area contributed by atoms with Crippen LogP contribution in [0, 0.1) is 22.5 Å². The van der Waals surface area contributed by atoms with Crippen LogP contribution in [0.4, 0.5) is 5.69 Å². The second-order valence-corrected chi connectivity index (χ2v) is 5.64. The third kappa shape index (κ3) is 3.12. The number of carbonyl (C=O) groups is 1. The van der Waals surface area contributed by atoms with Gasteiger partial charge >= 0.3 is 0 Å². The topological polar surface area (TPSA) is 72.2 Å². The average Bonchev–Trinajstić information content (AvgIpc) is 3.16. The lowest BCUT2D eigenvalue weighted by Gasteiger charge is -2.12. The maximum absolute atomic E-state index is 12.0. The van der Waals surface area contributed by atoms with E-state index in [0.29, 0.717) is 17.7 Å². The van der Waals surface area contributed by atoms with E-state index in [1.165, 1.54) is 12.1 Å². The van der Waals surface area contributed by atoms with Gasteiger partial charge in [-0.05, 0) is 37.3 Å². The highest BCUT2D eigenvalue weighted by Gasteiger charge is 2.41. The van der Waals surface area contributed by atoms with Crippen LogP contribution in [0.3, 0.4) is 0 Å². The molecule has 1 fully saturated rings. The molecule has 0 heterocycles. The Hall–Kier alpha value is -1.43. The molecule has 1 amide bonds. The van der Waals surface area contributed by atoms with Crippen LogP contribution < -0.4 is 5.32 Å². The molecular weight excluding hydrogens is 312 g/mol. The van der Waals surface area contributed by atoms with Gasteiger partial charge in [0.05, 0.1) is 4.92 Å². The summed E-state index contributed by atoms with van der Waals surface area (Å²) < 4.78 is 0. The molecule has 6 heteroatoms. The lowest BCUT2D eigenvalue weighted by molar-refractivity contribution is -0.385. The number of rotatable bonds is 5. The Morgan fingerprint density at radius 2 is 2.21 bits per heavy atom. The summed E-state index contributed by atoms with van der Waals surface area (Å²) in [5.41, 5.74) is 1.22. The lowest BCUT2D eigenvalue weighted by atomic mass is 10.1. The molecule has 102 valence electrons. The number of nitrogens with zero attached hydrogens (tertiary/aromatic N) is 1. The maximum atomic E-state index is 12.0. The number of hydrogen-bond acceptors (Lipinski definition) is 3. The van der Waals surface area contributed by atoms with Crippen LogP contribution in [0.15, 0.2) is 18.2 Å². The third-order valence-electron chi connectivity index (χ3n) is 3.52. The van der Waals surface area contributed by atoms with Crippen LogP contribution in [0.2, 0.25) is 0 Å². The Labute approximate surface area is 119 Å². The van der Waals surface area contributed by atoms with Crippen molar-refractivity contribution >= 4 is 27.5 Å². The van der Waals surface area contributed by atoms with Gasteiger partial charge in [-0.3, -0.25) is 14.9 Å². The van der Waals surface area contributed by atoms with Gasteiger partial charge in [-0.25, -0.2) is 0 Å². The molecule has 2 rings (SSSR count). The van der Waals surface area contributed by atoms with Crippen molar-refractivity contribution in [2.24, 2.45) is 5.41 Å². The Morgan fingerprint density at radius 1 is 1.53 bits per heavy atom. The van der Waals surface area contributed by atoms with Crippen LogP contribution in [0.5, 0.6) is 0 Å². The molecular formula is C13H15BrN2O3. The van der Waals surface area contributed by atoms with E-state index in [4.69, 9.17) is 0 Å². The number of benzene rings is 1. The van der Waals surface area contributed by atoms with Gasteiger partial charge in [-0.2, -0.15) is 0 Å². The molecule has 0 aliphatic heterocycles. The largest absolute Gasteiger partial charge is 0.351 e. The van der Waals surface area contributed by atoms with Gasteiger partial charge in [0.2, 0.25) is 0 Å². The monoisotopic (exact) mass is 326 g/mol. The van der Waals surface area contributed by atoms with Crippen LogP contribution in [0.1, 0.15) is 28.8 Å². The number of carbonyl (C=O) groups excluding carboxylic acids is 1. The highest BCUT2D eigenvalue weighted by atomic mass is 79.9. The Kier molecular flexibility index (Phi) is 3.89. The quantitative estimate of drug-likeness (QED) is 0.513. The summed E-state index contributed by atoms with van der Waals surface area (Å²) in [6.45, 7) is 2.28. The first-order valence-electron chi connectivity index (χ1n) is 6.07. The molecule has 0 unspecified atom stereocenters. The van der Waals surface area contributed by atoms with Gasteiger partial charge in [-0.15, -0.1) is 0 Å². The number of amides is 1. The molecule has 1 aliphatic carbocycles. The summed E-state index contributed by atoms with van der Waals surface area (Å²) in [5.74, 6) is -0.176. The van der Waals surface area contributed by atoms with E-state index in [2.05, 4.69) is 21.2 Å². The van der Waals surface area contributed by atoms with E-state index >= 15 is 0 Å². The summed E-state index contributed by atoms with van der Waals surface area (Å²) in [6, 6.07) is 4.43. The van der Waals surface area contributed by atoms with Crippen molar-refractivity contribution in [2.45, 2.75) is 19.8 Å². The number of alkyl halides is 1. The summed E-state index contributed by atoms with van der Waals surface area (Å²) in [5, 5.41) is 14.5. The SMILES string of the molecule is Cc1cc(C(=O)NCC2(CBr)CC2)ccc1[N+](=O)[O-]. The lowest BCUT2D eigenvalue weighted by Crippen LogP contribution is -2.30. The first-order valence-corrected chi connectivity index (χ1v) is 7.19. The zero-order valence-electron chi connectivity index (χ0n) is 10.6. The predicted octanol–water partition coefficient (Wildman–Crippen LogP) is 2.81. The van der Waals surface area contributed by atoms with E-state index in [1.54, 1.807) is 13.0 Å². The molecule has 0 radical (unpaired) electrons. The van der Waals surface area contributed by atoms with Gasteiger partial charge in [0.1, 0.15) is 0 Å². The van der Waals surface area contributed by atoms with E-state index in [0.717, 1.165) is 18.2 Å². The summed E-state index contributed by atoms with van der Waals surface area (Å²) >= 11 is 3.45. The van der Waals surface area contributed by atoms with Gasteiger partial charge in [-0.1, -0.05) is 15.9 Å². The van der Waals surface area contributed by atoms with Gasteiger partial charge < -0.3 is 5.32 Å². The first-order chi connectivity index (χ1) is 8.97. The molecule has 1 aromatic rings. The van der Waals surface area contributed by atoms with Crippen molar-refractivity contribution in [3.63, 3.8) is 0 Å². The van der Waals surface area contributed by atoms with Crippen molar-refractivity contribution in [3.8, 4) is 0 Å². The van der Waals surface area contributed by atoms with Crippen molar-refractivity contribution < 1.29 is 9.72 Å². The summed E-state index contributed by atoms with van der Waals surface area (Å²) in [6.07, 6.45) is 2.25. The maximum Gasteiger partial charge on any atom is 0.272 e. The second-order valence-electron chi connectivity index (χ2n) is 5.07. The highest BCUT2D eigenvalue weighted by molar-refractivity contribution is 9.09. The van der Waals surface area contributed by atoms with E-state index in [9.17, 15) is 14.9 Å². The fourth-order valence-corrected chi connectivity index (χ4v) is 2.66. The van der Waals surface area contributed by atoms with Crippen molar-refractivity contribution in [1.82, 2.24) is 5.32 Å². The number of nitro groups is 1. The minimum Gasteiger partial charge on any atom is -0.351 e. The van der Waals surface area contributed by atoms with Gasteiger partial charge in [0, 0.05) is 29.1 Å². The fraction of sp³-hybridized carbons (Fsp3) is 0.462. The molecule has 0 atom stereocenters. The number of halogens is 1. The third-order valence-corrected chi connectivity index (χ3v) is 4.71. The molecule has 0 bridgehead atoms. The average molecular weight is 327 g/mol. The number of nitro benzene ring substituents is 1. The number of hydrogen-bond donors (Lipinski definition) is 1. The molecule has 1 aromatic carbocycles. The van der Waals surface area contributed by atoms with Crippen molar-refractivity contribution in [3.05, 3.63) is 39.4 Å². The van der Waals surface area contributed by atoms with E-state index < -0.39 is 4.92 Å². The second kappa shape index (κ2) is 5.28. The molecule has 0 saturated heterocycles. The van der Waals surface area contributed by atoms with Crippen molar-refractivity contribution in [2.75, 3.05) is 11.9 Å². The molecule has 1 saturated carbocycles. The Balaban J connectivity index is 2.03. The van der Waals surface area contributed by atoms with Crippen LogP contribution in [0.25, 0.3) is 0 Å². The van der Waals surface area contributed by atoms with Crippen LogP contribution in [-0.4, -0.2) is 22.7 Å². The van der Waals surface area contributed by atoms with Gasteiger partial charge in [0.15, 0.2) is 0 Å². The zero-order valence-corrected chi connectivity index (χ0v) is 12.2. The zero-order chi connectivity index (χ0) is 14.0. The number of nitrogens with one attached hydrogen (secondary N) is 1. The standard InChI is InChI=1S/C13H15BrN2O3/c1-9-6-10(2-3-11(9)16(18)19)12(17)15-8-13(7-14)4-5-13/h2-3,6H,4-5,7-8H2,1H3,(H,15,17). The highest BCUT2D eigenvalue weighted by Crippen LogP contribution is 2.46. The minimum atomic E-state index is -0.443. The summed E-state index contributed by atoms with van der Waals surface area (Å²) in [4.78, 5) is 22.2. The Morgan fingerprint density at radius 3 is 2.68 bits per heavy atom. The molecule has 0 aromatic heterocycles. The van der Waals surface area contributed by atoms with E-state index in [-0.39, 0.29) is 17.0 Å². The fourth-order valence-electron chi connectivity index (χ4n) is 1.91. The van der Waals surface area contributed by atoms with Crippen molar-refractivity contribution in [1.29, 1.82) is 0 Å². The molecule has 1 aliphatic rings. The Bertz CT molecular complexity index is 527. The first kappa shape index (κ1) is 14.0. The molecule has 5 nitrogen and oxygen atoms in total. The normalized spacial score (nSPS) is 15.9. The number of aryl methyl sites for hydroxylation is 1. The minimum absolute atomic E-state index is 0.0377. The van der Waals surface area contributed by atoms with Gasteiger partial charge in [0.25, 0.3) is 11.6 Å². The van der Waals surface area contributed by atoms with Crippen LogP contribution >= 0.6 is 15.9 Å². The summed E-state index contributed by atoms with van der Waals surface area (Å²) in [7, 11) is 0. The predicted molar refractivity (Wildman–Crippen MR) is 75.6 cm³/mol. The molecule has 1 N–H and O–H groups in total. The smallest absolute Gasteiger partial charge is 0.272 e.